The molecule has 0 amide bonds. The number of aliphatic carboxylic acids is 1. The summed E-state index contributed by atoms with van der Waals surface area (Å²) in [7, 11) is 0. The van der Waals surface area contributed by atoms with Gasteiger partial charge >= 0.3 is 24.5 Å². The Hall–Kier alpha value is -3.57. The number of rotatable bonds is 6. The lowest BCUT2D eigenvalue weighted by Crippen LogP contribution is -2.15. The lowest BCUT2D eigenvalue weighted by Gasteiger charge is -2.19. The molecule has 0 saturated carbocycles. The molecule has 3 aromatic rings. The Morgan fingerprint density at radius 1 is 0.711 bits per heavy atom. The van der Waals surface area contributed by atoms with Crippen LogP contribution in [0, 0.1) is 5.92 Å². The molecule has 1 unspecified atom stereocenters. The molecule has 0 aliphatic heterocycles. The predicted octanol–water partition coefficient (Wildman–Crippen LogP) is 8.69. The largest absolute Gasteiger partial charge is 0.481 e. The second-order valence-corrected chi connectivity index (χ2v) is 9.06. The van der Waals surface area contributed by atoms with Gasteiger partial charge in [-0.25, -0.2) is 4.98 Å². The topological polar surface area (TPSA) is 50.2 Å². The van der Waals surface area contributed by atoms with E-state index < -0.39 is 58.4 Å². The van der Waals surface area contributed by atoms with Crippen molar-refractivity contribution in [1.82, 2.24) is 4.98 Å². The van der Waals surface area contributed by atoms with Crippen molar-refractivity contribution >= 4 is 5.97 Å². The smallest absolute Gasteiger partial charge is 0.416 e. The van der Waals surface area contributed by atoms with Crippen LogP contribution in [0.4, 0.5) is 39.5 Å². The molecular weight excluding hydrogens is 529 g/mol. The Kier molecular flexibility index (Phi) is 7.86. The Morgan fingerprint density at radius 3 is 1.55 bits per heavy atom. The van der Waals surface area contributed by atoms with Gasteiger partial charge in [0.05, 0.1) is 34.0 Å². The lowest BCUT2D eigenvalue weighted by molar-refractivity contribution is -0.143. The van der Waals surface area contributed by atoms with E-state index in [0.29, 0.717) is 12.1 Å². The van der Waals surface area contributed by atoms with E-state index in [1.54, 1.807) is 13.8 Å². The molecule has 1 aromatic heterocycles. The van der Waals surface area contributed by atoms with Crippen molar-refractivity contribution in [2.45, 2.75) is 44.7 Å². The molecule has 1 N–H and O–H groups in total. The number of carboxylic acid groups (broad SMARTS) is 1. The number of benzene rings is 2. The lowest BCUT2D eigenvalue weighted by atomic mass is 9.88. The maximum absolute atomic E-state index is 13.4. The van der Waals surface area contributed by atoms with Crippen LogP contribution in [0.25, 0.3) is 22.5 Å². The molecule has 2 aromatic carbocycles. The van der Waals surface area contributed by atoms with Gasteiger partial charge in [-0.3, -0.25) is 4.79 Å². The summed E-state index contributed by atoms with van der Waals surface area (Å²) in [5.74, 6) is -2.67. The van der Waals surface area contributed by atoms with Gasteiger partial charge in [-0.15, -0.1) is 0 Å². The monoisotopic (exact) mass is 549 g/mol. The first kappa shape index (κ1) is 29.0. The molecule has 0 fully saturated rings. The van der Waals surface area contributed by atoms with Crippen LogP contribution in [0.3, 0.4) is 0 Å². The molecule has 204 valence electrons. The average Bonchev–Trinajstić information content (AvgIpc) is 2.80. The molecule has 0 saturated heterocycles. The summed E-state index contributed by atoms with van der Waals surface area (Å²) < 4.78 is 120. The van der Waals surface area contributed by atoms with Crippen molar-refractivity contribution in [1.29, 1.82) is 0 Å². The van der Waals surface area contributed by atoms with Crippen LogP contribution in [0.15, 0.2) is 54.6 Å². The maximum Gasteiger partial charge on any atom is 0.416 e. The number of alkyl halides is 9. The predicted molar refractivity (Wildman–Crippen MR) is 120 cm³/mol. The summed E-state index contributed by atoms with van der Waals surface area (Å²) in [6.07, 6.45) is -14.9. The number of hydrogen-bond donors (Lipinski definition) is 1. The molecular formula is C26H20F9NO2. The van der Waals surface area contributed by atoms with Crippen LogP contribution in [-0.4, -0.2) is 16.1 Å². The molecule has 1 atom stereocenters. The van der Waals surface area contributed by atoms with Crippen LogP contribution in [-0.2, 0) is 23.3 Å². The van der Waals surface area contributed by atoms with Crippen molar-refractivity contribution < 1.29 is 49.4 Å². The first-order valence-electron chi connectivity index (χ1n) is 11.1. The zero-order valence-electron chi connectivity index (χ0n) is 19.8. The van der Waals surface area contributed by atoms with Gasteiger partial charge in [0.25, 0.3) is 0 Å². The minimum absolute atomic E-state index is 0.0251. The molecule has 0 bridgehead atoms. The summed E-state index contributed by atoms with van der Waals surface area (Å²) in [5.41, 5.74) is -5.21. The van der Waals surface area contributed by atoms with E-state index in [4.69, 9.17) is 0 Å². The Labute approximate surface area is 210 Å². The zero-order valence-corrected chi connectivity index (χ0v) is 19.8. The number of pyridine rings is 1. The second-order valence-electron chi connectivity index (χ2n) is 9.06. The second kappa shape index (κ2) is 10.3. The minimum Gasteiger partial charge on any atom is -0.481 e. The van der Waals surface area contributed by atoms with Crippen molar-refractivity contribution in [2.24, 2.45) is 5.92 Å². The highest BCUT2D eigenvalue weighted by atomic mass is 19.4. The fraction of sp³-hybridized carbons (Fsp3) is 0.308. The van der Waals surface area contributed by atoms with Gasteiger partial charge in [0, 0.05) is 11.1 Å². The third-order valence-electron chi connectivity index (χ3n) is 5.65. The van der Waals surface area contributed by atoms with E-state index in [1.165, 1.54) is 6.07 Å². The third-order valence-corrected chi connectivity index (χ3v) is 5.65. The van der Waals surface area contributed by atoms with Gasteiger partial charge < -0.3 is 5.11 Å². The van der Waals surface area contributed by atoms with Crippen LogP contribution in [0.1, 0.15) is 48.4 Å². The molecule has 1 heterocycles. The normalized spacial score (nSPS) is 13.6. The van der Waals surface area contributed by atoms with Gasteiger partial charge in [0.2, 0.25) is 0 Å². The fourth-order valence-corrected chi connectivity index (χ4v) is 3.83. The van der Waals surface area contributed by atoms with E-state index in [0.717, 1.165) is 30.3 Å². The summed E-state index contributed by atoms with van der Waals surface area (Å²) >= 11 is 0. The standard InChI is InChI=1S/C26H20F9NO2/c1-13(2)7-20(23(37)38)15-10-21(14-3-5-17(6-4-14)24(27,28)29)36-22(11-15)16-8-18(25(30,31)32)12-19(9-16)26(33,34)35/h3-6,8-13,20H,7H2,1-2H3,(H,37,38). The Bertz CT molecular complexity index is 1280. The molecule has 0 radical (unpaired) electrons. The molecule has 3 nitrogen and oxygen atoms in total. The highest BCUT2D eigenvalue weighted by molar-refractivity contribution is 5.78. The highest BCUT2D eigenvalue weighted by Gasteiger charge is 2.37. The number of carboxylic acids is 1. The highest BCUT2D eigenvalue weighted by Crippen LogP contribution is 2.40. The summed E-state index contributed by atoms with van der Waals surface area (Å²) in [5, 5.41) is 9.78. The third kappa shape index (κ3) is 6.84. The molecule has 3 rings (SSSR count). The Balaban J connectivity index is 2.30. The van der Waals surface area contributed by atoms with Crippen LogP contribution in [0.5, 0.6) is 0 Å². The summed E-state index contributed by atoms with van der Waals surface area (Å²) in [6.45, 7) is 3.44. The first-order valence-corrected chi connectivity index (χ1v) is 11.1. The number of aromatic nitrogens is 1. The number of halogens is 9. The summed E-state index contributed by atoms with van der Waals surface area (Å²) in [4.78, 5) is 16.1. The van der Waals surface area contributed by atoms with Crippen LogP contribution in [0.2, 0.25) is 0 Å². The number of hydrogen-bond acceptors (Lipinski definition) is 2. The van der Waals surface area contributed by atoms with Gasteiger partial charge in [-0.1, -0.05) is 26.0 Å². The Morgan fingerprint density at radius 2 is 1.16 bits per heavy atom. The van der Waals surface area contributed by atoms with E-state index in [9.17, 15) is 49.4 Å². The molecule has 0 aliphatic carbocycles. The maximum atomic E-state index is 13.4. The fourth-order valence-electron chi connectivity index (χ4n) is 3.83. The first-order chi connectivity index (χ1) is 17.4. The average molecular weight is 549 g/mol. The number of nitrogens with zero attached hydrogens (tertiary/aromatic N) is 1. The van der Waals surface area contributed by atoms with Gasteiger partial charge in [-0.2, -0.15) is 39.5 Å². The van der Waals surface area contributed by atoms with Gasteiger partial charge in [-0.05, 0) is 60.4 Å². The van der Waals surface area contributed by atoms with Gasteiger partial charge in [0.1, 0.15) is 0 Å². The van der Waals surface area contributed by atoms with Crippen LogP contribution >= 0.6 is 0 Å². The van der Waals surface area contributed by atoms with E-state index >= 15 is 0 Å². The molecule has 12 heteroatoms. The quantitative estimate of drug-likeness (QED) is 0.313. The van der Waals surface area contributed by atoms with Crippen molar-refractivity contribution in [3.63, 3.8) is 0 Å². The van der Waals surface area contributed by atoms with Crippen LogP contribution < -0.4 is 0 Å². The SMILES string of the molecule is CC(C)CC(C(=O)O)c1cc(-c2ccc(C(F)(F)F)cc2)nc(-c2cc(C(F)(F)F)cc(C(F)(F)F)c2)c1. The van der Waals surface area contributed by atoms with Crippen molar-refractivity contribution in [3.05, 3.63) is 76.9 Å². The number of carbonyl (C=O) groups is 1. The molecule has 0 aliphatic rings. The molecule has 0 spiro atoms. The minimum atomic E-state index is -5.13. The van der Waals surface area contributed by atoms with Gasteiger partial charge in [0.15, 0.2) is 0 Å². The van der Waals surface area contributed by atoms with E-state index in [2.05, 4.69) is 4.98 Å². The molecule has 38 heavy (non-hydrogen) atoms. The summed E-state index contributed by atoms with van der Waals surface area (Å²) in [6, 6.07) is 6.73. The van der Waals surface area contributed by atoms with E-state index in [1.807, 2.05) is 0 Å². The van der Waals surface area contributed by atoms with E-state index in [-0.39, 0.29) is 35.2 Å². The van der Waals surface area contributed by atoms with Crippen molar-refractivity contribution in [3.8, 4) is 22.5 Å². The van der Waals surface area contributed by atoms with Crippen molar-refractivity contribution in [2.75, 3.05) is 0 Å². The zero-order chi connectivity index (χ0) is 28.6.